The Balaban J connectivity index is 2.81. The van der Waals surface area contributed by atoms with Gasteiger partial charge >= 0.3 is 5.97 Å². The third-order valence-electron chi connectivity index (χ3n) is 1.28. The quantitative estimate of drug-likeness (QED) is 0.628. The second-order valence-electron chi connectivity index (χ2n) is 2.15. The van der Waals surface area contributed by atoms with Crippen LogP contribution in [0.25, 0.3) is 0 Å². The summed E-state index contributed by atoms with van der Waals surface area (Å²) in [7, 11) is 0. The third kappa shape index (κ3) is 2.05. The predicted octanol–water partition coefficient (Wildman–Crippen LogP) is 1.80. The van der Waals surface area contributed by atoms with Crippen LogP contribution in [-0.2, 0) is 4.74 Å². The lowest BCUT2D eigenvalue weighted by atomic mass is 10.2. The van der Waals surface area contributed by atoms with E-state index in [1.807, 2.05) is 0 Å². The van der Waals surface area contributed by atoms with E-state index < -0.39 is 11.8 Å². The fourth-order valence-corrected chi connectivity index (χ4v) is 0.779. The van der Waals surface area contributed by atoms with Crippen LogP contribution in [0.3, 0.4) is 0 Å². The highest BCUT2D eigenvalue weighted by Gasteiger charge is 2.05. The van der Waals surface area contributed by atoms with Crippen LogP contribution in [0.1, 0.15) is 17.3 Å². The molecule has 1 rings (SSSR count). The summed E-state index contributed by atoms with van der Waals surface area (Å²) in [6, 6.07) is 6.20. The van der Waals surface area contributed by atoms with E-state index in [1.165, 1.54) is 12.1 Å². The molecule has 0 aromatic heterocycles. The van der Waals surface area contributed by atoms with E-state index in [-0.39, 0.29) is 5.56 Å². The van der Waals surface area contributed by atoms with Gasteiger partial charge in [0.25, 0.3) is 0 Å². The van der Waals surface area contributed by atoms with Crippen LogP contribution in [0.4, 0.5) is 4.39 Å². The summed E-state index contributed by atoms with van der Waals surface area (Å²) >= 11 is 0. The molecule has 0 aliphatic rings. The zero-order chi connectivity index (χ0) is 8.97. The Kier molecular flexibility index (Phi) is 2.80. The summed E-state index contributed by atoms with van der Waals surface area (Å²) in [5, 5.41) is 0. The fraction of sp³-hybridized carbons (Fsp3) is 0.222. The second kappa shape index (κ2) is 3.85. The molecule has 12 heavy (non-hydrogen) atoms. The molecule has 0 spiro atoms. The van der Waals surface area contributed by atoms with Gasteiger partial charge in [-0.05, 0) is 19.1 Å². The van der Waals surface area contributed by atoms with Crippen LogP contribution in [0.5, 0.6) is 0 Å². The maximum Gasteiger partial charge on any atom is 0.338 e. The van der Waals surface area contributed by atoms with Crippen molar-refractivity contribution in [1.82, 2.24) is 0 Å². The molecule has 0 amide bonds. The van der Waals surface area contributed by atoms with E-state index in [0.717, 1.165) is 6.07 Å². The molecule has 0 unspecified atom stereocenters. The van der Waals surface area contributed by atoms with E-state index in [0.29, 0.717) is 6.61 Å². The highest BCUT2D eigenvalue weighted by atomic mass is 19.1. The molecule has 3 heteroatoms. The standard InChI is InChI=1S/C9H8FO2/c1-2-12-9(11)7-4-3-5-8(10)6-7/h3-4,6H,2H2,1H3. The summed E-state index contributed by atoms with van der Waals surface area (Å²) < 4.78 is 17.2. The molecule has 0 saturated heterocycles. The topological polar surface area (TPSA) is 26.3 Å². The molecular formula is C9H8FO2. The molecule has 0 bridgehead atoms. The molecule has 1 radical (unpaired) electrons. The minimum Gasteiger partial charge on any atom is -0.462 e. The molecule has 0 aliphatic heterocycles. The van der Waals surface area contributed by atoms with Gasteiger partial charge in [-0.1, -0.05) is 6.07 Å². The normalized spacial score (nSPS) is 9.50. The highest BCUT2D eigenvalue weighted by Crippen LogP contribution is 2.04. The SMILES string of the molecule is CCOC(=O)c1cc[c]c(F)c1. The number of esters is 1. The van der Waals surface area contributed by atoms with Crippen molar-refractivity contribution in [2.45, 2.75) is 6.92 Å². The van der Waals surface area contributed by atoms with Crippen molar-refractivity contribution < 1.29 is 13.9 Å². The summed E-state index contributed by atoms with van der Waals surface area (Å²) in [5.74, 6) is -1.06. The van der Waals surface area contributed by atoms with Crippen LogP contribution >= 0.6 is 0 Å². The molecule has 0 fully saturated rings. The Hall–Kier alpha value is -1.38. The van der Waals surface area contributed by atoms with E-state index in [2.05, 4.69) is 10.8 Å². The van der Waals surface area contributed by atoms with Crippen molar-refractivity contribution in [2.75, 3.05) is 6.61 Å². The number of hydrogen-bond donors (Lipinski definition) is 0. The molecule has 0 atom stereocenters. The Morgan fingerprint density at radius 1 is 1.75 bits per heavy atom. The molecule has 0 saturated carbocycles. The maximum atomic E-state index is 12.5. The van der Waals surface area contributed by atoms with Gasteiger partial charge in [0.15, 0.2) is 0 Å². The van der Waals surface area contributed by atoms with Gasteiger partial charge in [-0.2, -0.15) is 0 Å². The largest absolute Gasteiger partial charge is 0.462 e. The fourth-order valence-electron chi connectivity index (χ4n) is 0.779. The van der Waals surface area contributed by atoms with Crippen LogP contribution in [0.2, 0.25) is 0 Å². The van der Waals surface area contributed by atoms with Crippen LogP contribution < -0.4 is 0 Å². The van der Waals surface area contributed by atoms with Gasteiger partial charge in [0.05, 0.1) is 12.2 Å². The zero-order valence-corrected chi connectivity index (χ0v) is 6.63. The van der Waals surface area contributed by atoms with E-state index in [9.17, 15) is 9.18 Å². The van der Waals surface area contributed by atoms with Crippen molar-refractivity contribution >= 4 is 5.97 Å². The first-order valence-corrected chi connectivity index (χ1v) is 3.58. The number of benzene rings is 1. The lowest BCUT2D eigenvalue weighted by molar-refractivity contribution is 0.0526. The molecule has 0 N–H and O–H groups in total. The second-order valence-corrected chi connectivity index (χ2v) is 2.15. The Bertz CT molecular complexity index is 284. The van der Waals surface area contributed by atoms with E-state index in [1.54, 1.807) is 6.92 Å². The van der Waals surface area contributed by atoms with Gasteiger partial charge in [-0.25, -0.2) is 9.18 Å². The van der Waals surface area contributed by atoms with E-state index in [4.69, 9.17) is 0 Å². The van der Waals surface area contributed by atoms with Gasteiger partial charge < -0.3 is 4.74 Å². The third-order valence-corrected chi connectivity index (χ3v) is 1.28. The van der Waals surface area contributed by atoms with Crippen LogP contribution in [-0.4, -0.2) is 12.6 Å². The summed E-state index contributed by atoms with van der Waals surface area (Å²) in [5.41, 5.74) is 0.216. The van der Waals surface area contributed by atoms with E-state index >= 15 is 0 Å². The first kappa shape index (κ1) is 8.71. The Morgan fingerprint density at radius 2 is 2.50 bits per heavy atom. The monoisotopic (exact) mass is 167 g/mol. The summed E-state index contributed by atoms with van der Waals surface area (Å²) in [6.45, 7) is 1.99. The highest BCUT2D eigenvalue weighted by molar-refractivity contribution is 5.89. The predicted molar refractivity (Wildman–Crippen MR) is 41.2 cm³/mol. The smallest absolute Gasteiger partial charge is 0.338 e. The average molecular weight is 167 g/mol. The number of hydrogen-bond acceptors (Lipinski definition) is 2. The minimum absolute atomic E-state index is 0.216. The zero-order valence-electron chi connectivity index (χ0n) is 6.63. The molecular weight excluding hydrogens is 159 g/mol. The van der Waals surface area contributed by atoms with Gasteiger partial charge in [0.1, 0.15) is 5.82 Å². The number of ether oxygens (including phenoxy) is 1. The molecule has 0 aliphatic carbocycles. The first-order valence-electron chi connectivity index (χ1n) is 3.58. The number of rotatable bonds is 2. The lowest BCUT2D eigenvalue weighted by Gasteiger charge is -1.99. The summed E-state index contributed by atoms with van der Waals surface area (Å²) in [6.07, 6.45) is 0. The Morgan fingerprint density at radius 3 is 3.08 bits per heavy atom. The molecule has 2 nitrogen and oxygen atoms in total. The number of carbonyl (C=O) groups excluding carboxylic acids is 1. The Labute approximate surface area is 70.0 Å². The van der Waals surface area contributed by atoms with Gasteiger partial charge in [0, 0.05) is 6.07 Å². The molecule has 1 aromatic rings. The van der Waals surface area contributed by atoms with Crippen molar-refractivity contribution in [3.05, 3.63) is 35.6 Å². The number of carbonyl (C=O) groups is 1. The molecule has 63 valence electrons. The van der Waals surface area contributed by atoms with Crippen LogP contribution in [0.15, 0.2) is 18.2 Å². The van der Waals surface area contributed by atoms with Crippen molar-refractivity contribution in [2.24, 2.45) is 0 Å². The maximum absolute atomic E-state index is 12.5. The number of halogens is 1. The average Bonchev–Trinajstić information content (AvgIpc) is 2.05. The van der Waals surface area contributed by atoms with Crippen molar-refractivity contribution in [3.63, 3.8) is 0 Å². The van der Waals surface area contributed by atoms with Gasteiger partial charge in [-0.15, -0.1) is 0 Å². The summed E-state index contributed by atoms with van der Waals surface area (Å²) in [4.78, 5) is 11.0. The van der Waals surface area contributed by atoms with Crippen molar-refractivity contribution in [1.29, 1.82) is 0 Å². The molecule has 0 heterocycles. The first-order chi connectivity index (χ1) is 5.74. The lowest BCUT2D eigenvalue weighted by Crippen LogP contribution is -2.04. The van der Waals surface area contributed by atoms with Gasteiger partial charge in [0.2, 0.25) is 0 Å². The van der Waals surface area contributed by atoms with Gasteiger partial charge in [-0.3, -0.25) is 0 Å². The minimum atomic E-state index is -0.555. The van der Waals surface area contributed by atoms with Crippen molar-refractivity contribution in [3.8, 4) is 0 Å². The molecule has 1 aromatic carbocycles. The van der Waals surface area contributed by atoms with Crippen LogP contribution in [0, 0.1) is 11.9 Å².